The van der Waals surface area contributed by atoms with Crippen LogP contribution in [0.3, 0.4) is 0 Å². The predicted molar refractivity (Wildman–Crippen MR) is 122 cm³/mol. The molecule has 3 aromatic rings. The minimum Gasteiger partial charge on any atom is -0.493 e. The van der Waals surface area contributed by atoms with Crippen molar-refractivity contribution < 1.29 is 23.4 Å². The van der Waals surface area contributed by atoms with Gasteiger partial charge < -0.3 is 24.5 Å². The van der Waals surface area contributed by atoms with Gasteiger partial charge in [0.05, 0.1) is 26.9 Å². The summed E-state index contributed by atoms with van der Waals surface area (Å²) >= 11 is 1.28. The molecule has 33 heavy (non-hydrogen) atoms. The second-order valence-corrected chi connectivity index (χ2v) is 8.28. The van der Waals surface area contributed by atoms with Crippen LogP contribution in [0.5, 0.6) is 17.2 Å². The van der Waals surface area contributed by atoms with E-state index in [1.54, 1.807) is 24.3 Å². The lowest BCUT2D eigenvalue weighted by atomic mass is 9.86. The van der Waals surface area contributed by atoms with E-state index in [-0.39, 0.29) is 29.5 Å². The quantitative estimate of drug-likeness (QED) is 0.400. The highest BCUT2D eigenvalue weighted by molar-refractivity contribution is 7.98. The summed E-state index contributed by atoms with van der Waals surface area (Å²) < 4.78 is 29.3. The summed E-state index contributed by atoms with van der Waals surface area (Å²) in [4.78, 5) is 32.8. The van der Waals surface area contributed by atoms with Gasteiger partial charge in [-0.15, -0.1) is 0 Å². The Bertz CT molecular complexity index is 1220. The fourth-order valence-electron chi connectivity index (χ4n) is 3.74. The van der Waals surface area contributed by atoms with E-state index in [2.05, 4.69) is 15.3 Å². The third-order valence-corrected chi connectivity index (χ3v) is 6.25. The number of rotatable bonds is 7. The van der Waals surface area contributed by atoms with E-state index < -0.39 is 5.92 Å². The molecule has 0 spiro atoms. The Hall–Kier alpha value is -3.53. The molecule has 0 saturated carbocycles. The zero-order chi connectivity index (χ0) is 23.5. The summed E-state index contributed by atoms with van der Waals surface area (Å²) in [6.07, 6.45) is 0.0679. The predicted octanol–water partition coefficient (Wildman–Crippen LogP) is 3.70. The molecule has 0 saturated heterocycles. The van der Waals surface area contributed by atoms with E-state index in [9.17, 15) is 14.0 Å². The zero-order valence-corrected chi connectivity index (χ0v) is 19.0. The molecule has 4 rings (SSSR count). The average molecular weight is 472 g/mol. The van der Waals surface area contributed by atoms with Crippen LogP contribution < -0.4 is 25.1 Å². The molecule has 0 fully saturated rings. The van der Waals surface area contributed by atoms with Crippen molar-refractivity contribution in [2.24, 2.45) is 0 Å². The Morgan fingerprint density at radius 2 is 1.73 bits per heavy atom. The fourth-order valence-corrected chi connectivity index (χ4v) is 4.56. The summed E-state index contributed by atoms with van der Waals surface area (Å²) in [7, 11) is 4.51. The van der Waals surface area contributed by atoms with Crippen LogP contribution in [-0.4, -0.2) is 37.2 Å². The lowest BCUT2D eigenvalue weighted by molar-refractivity contribution is -0.116. The molecule has 1 amide bonds. The number of methoxy groups -OCH3 is 3. The van der Waals surface area contributed by atoms with Crippen molar-refractivity contribution in [1.82, 2.24) is 9.97 Å². The highest BCUT2D eigenvalue weighted by Gasteiger charge is 2.32. The Kier molecular flexibility index (Phi) is 6.55. The van der Waals surface area contributed by atoms with Crippen LogP contribution in [0.4, 0.5) is 10.2 Å². The molecule has 2 aromatic carbocycles. The number of fused-ring (bicyclic) bond motifs is 1. The van der Waals surface area contributed by atoms with Crippen molar-refractivity contribution in [2.45, 2.75) is 23.2 Å². The van der Waals surface area contributed by atoms with Gasteiger partial charge in [-0.1, -0.05) is 23.9 Å². The zero-order valence-electron chi connectivity index (χ0n) is 18.2. The first-order valence-electron chi connectivity index (χ1n) is 10.0. The van der Waals surface area contributed by atoms with Gasteiger partial charge in [0.15, 0.2) is 16.7 Å². The lowest BCUT2D eigenvalue weighted by Crippen LogP contribution is -2.31. The number of thioether (sulfide) groups is 1. The number of nitrogens with one attached hydrogen (secondary N) is 2. The molecule has 1 aromatic heterocycles. The number of amides is 1. The molecule has 0 radical (unpaired) electrons. The number of anilines is 1. The van der Waals surface area contributed by atoms with Crippen LogP contribution in [0.15, 0.2) is 46.3 Å². The number of H-pyrrole nitrogens is 1. The topological polar surface area (TPSA) is 103 Å². The molecule has 0 bridgehead atoms. The van der Waals surface area contributed by atoms with E-state index in [1.165, 1.54) is 45.2 Å². The molecule has 2 N–H and O–H groups in total. The number of aromatic nitrogens is 2. The Labute approximate surface area is 193 Å². The van der Waals surface area contributed by atoms with Gasteiger partial charge in [0.1, 0.15) is 11.6 Å². The summed E-state index contributed by atoms with van der Waals surface area (Å²) in [5.74, 6) is 0.852. The van der Waals surface area contributed by atoms with E-state index in [1.807, 2.05) is 0 Å². The molecule has 2 heterocycles. The van der Waals surface area contributed by atoms with Gasteiger partial charge in [0.25, 0.3) is 5.56 Å². The second-order valence-electron chi connectivity index (χ2n) is 7.31. The molecule has 0 aliphatic carbocycles. The number of carbonyl (C=O) groups excluding carboxylic acids is 1. The number of hydrogen-bond donors (Lipinski definition) is 2. The first-order chi connectivity index (χ1) is 15.9. The largest absolute Gasteiger partial charge is 0.493 e. The number of ether oxygens (including phenoxy) is 3. The van der Waals surface area contributed by atoms with Gasteiger partial charge in [-0.2, -0.15) is 0 Å². The van der Waals surface area contributed by atoms with Crippen LogP contribution in [0.2, 0.25) is 0 Å². The van der Waals surface area contributed by atoms with Crippen molar-refractivity contribution in [1.29, 1.82) is 0 Å². The number of hydrogen-bond acceptors (Lipinski definition) is 7. The van der Waals surface area contributed by atoms with Crippen molar-refractivity contribution in [3.8, 4) is 17.2 Å². The Morgan fingerprint density at radius 3 is 2.33 bits per heavy atom. The molecule has 1 atom stereocenters. The Morgan fingerprint density at radius 1 is 1.06 bits per heavy atom. The number of benzene rings is 2. The standard InChI is InChI=1S/C23H22FN3O5S/c1-30-16-8-13(9-17(31-2)20(16)32-3)15-10-18(28)25-21-19(15)22(29)27-23(26-21)33-11-12-4-6-14(24)7-5-12/h4-9,15H,10-11H2,1-3H3,(H2,25,26,27,28,29). The smallest absolute Gasteiger partial charge is 0.257 e. The van der Waals surface area contributed by atoms with Crippen molar-refractivity contribution in [2.75, 3.05) is 26.6 Å². The van der Waals surface area contributed by atoms with E-state index in [4.69, 9.17) is 14.2 Å². The third kappa shape index (κ3) is 4.65. The first kappa shape index (κ1) is 22.7. The normalized spacial score (nSPS) is 14.9. The molecule has 1 unspecified atom stereocenters. The molecular weight excluding hydrogens is 449 g/mol. The molecule has 8 nitrogen and oxygen atoms in total. The Balaban J connectivity index is 1.70. The van der Waals surface area contributed by atoms with Gasteiger partial charge in [-0.05, 0) is 35.4 Å². The van der Waals surface area contributed by atoms with Gasteiger partial charge in [-0.25, -0.2) is 9.37 Å². The van der Waals surface area contributed by atoms with Crippen molar-refractivity contribution in [3.63, 3.8) is 0 Å². The van der Waals surface area contributed by atoms with Crippen LogP contribution in [0, 0.1) is 5.82 Å². The van der Waals surface area contributed by atoms with Gasteiger partial charge >= 0.3 is 0 Å². The maximum atomic E-state index is 13.1. The van der Waals surface area contributed by atoms with Gasteiger partial charge in [-0.3, -0.25) is 9.59 Å². The van der Waals surface area contributed by atoms with E-state index in [0.717, 1.165) is 5.56 Å². The SMILES string of the molecule is COc1cc(C2CC(=O)Nc3nc(SCc4ccc(F)cc4)[nH]c(=O)c32)cc(OC)c1OC. The molecular formula is C23H22FN3O5S. The van der Waals surface area contributed by atoms with Gasteiger partial charge in [0, 0.05) is 18.1 Å². The van der Waals surface area contributed by atoms with Gasteiger partial charge in [0.2, 0.25) is 11.7 Å². The lowest BCUT2D eigenvalue weighted by Gasteiger charge is -2.25. The van der Waals surface area contributed by atoms with Crippen LogP contribution in [-0.2, 0) is 10.5 Å². The molecule has 172 valence electrons. The number of nitrogens with zero attached hydrogens (tertiary/aromatic N) is 1. The summed E-state index contributed by atoms with van der Waals surface area (Å²) in [6, 6.07) is 9.54. The summed E-state index contributed by atoms with van der Waals surface area (Å²) in [5.41, 5.74) is 1.55. The minimum atomic E-state index is -0.546. The third-order valence-electron chi connectivity index (χ3n) is 5.31. The number of halogens is 1. The number of carbonyl (C=O) groups is 1. The maximum Gasteiger partial charge on any atom is 0.257 e. The van der Waals surface area contributed by atoms with Crippen LogP contribution >= 0.6 is 11.8 Å². The summed E-state index contributed by atoms with van der Waals surface area (Å²) in [6.45, 7) is 0. The molecule has 10 heteroatoms. The summed E-state index contributed by atoms with van der Waals surface area (Å²) in [5, 5.41) is 3.06. The van der Waals surface area contributed by atoms with Crippen molar-refractivity contribution >= 4 is 23.5 Å². The highest BCUT2D eigenvalue weighted by Crippen LogP contribution is 2.43. The highest BCUT2D eigenvalue weighted by atomic mass is 32.2. The monoisotopic (exact) mass is 471 g/mol. The first-order valence-corrected chi connectivity index (χ1v) is 11.0. The van der Waals surface area contributed by atoms with Crippen LogP contribution in [0.1, 0.15) is 29.0 Å². The molecule has 1 aliphatic heterocycles. The fraction of sp³-hybridized carbons (Fsp3) is 0.261. The van der Waals surface area contributed by atoms with E-state index >= 15 is 0 Å². The number of aromatic amines is 1. The maximum absolute atomic E-state index is 13.1. The average Bonchev–Trinajstić information content (AvgIpc) is 2.81. The second kappa shape index (κ2) is 9.53. The van der Waals surface area contributed by atoms with E-state index in [0.29, 0.717) is 39.3 Å². The molecule has 1 aliphatic rings. The van der Waals surface area contributed by atoms with Crippen LogP contribution in [0.25, 0.3) is 0 Å². The van der Waals surface area contributed by atoms with Crippen molar-refractivity contribution in [3.05, 3.63) is 69.3 Å². The minimum absolute atomic E-state index is 0.0679.